The van der Waals surface area contributed by atoms with Crippen LogP contribution in [0.25, 0.3) is 11.2 Å². The van der Waals surface area contributed by atoms with Crippen molar-refractivity contribution in [2.45, 2.75) is 24.9 Å². The molecule has 14 heteroatoms. The van der Waals surface area contributed by atoms with E-state index in [9.17, 15) is 9.36 Å². The normalized spacial score (nSPS) is 21.0. The van der Waals surface area contributed by atoms with Gasteiger partial charge in [0.25, 0.3) is 0 Å². The van der Waals surface area contributed by atoms with Crippen LogP contribution in [0, 0.1) is 0 Å². The number of nitrogens with zero attached hydrogens (tertiary/aromatic N) is 4. The Morgan fingerprint density at radius 3 is 2.88 bits per heavy atom. The van der Waals surface area contributed by atoms with Crippen molar-refractivity contribution in [3.63, 3.8) is 0 Å². The van der Waals surface area contributed by atoms with Crippen LogP contribution in [0.1, 0.15) is 23.0 Å². The summed E-state index contributed by atoms with van der Waals surface area (Å²) < 4.78 is 29.0. The first-order valence-electron chi connectivity index (χ1n) is 9.53. The number of phosphoric ester groups is 1. The van der Waals surface area contributed by atoms with Gasteiger partial charge in [-0.25, -0.2) is 24.3 Å². The number of hydrogen-bond acceptors (Lipinski definition) is 10. The first-order chi connectivity index (χ1) is 15.3. The quantitative estimate of drug-likeness (QED) is 0.288. The second-order valence-electron chi connectivity index (χ2n) is 6.97. The van der Waals surface area contributed by atoms with Gasteiger partial charge in [0.05, 0.1) is 18.5 Å². The number of carbonyl (C=O) groups is 1. The zero-order valence-electron chi connectivity index (χ0n) is 16.9. The Hall–Kier alpha value is -3.09. The molecule has 0 amide bonds. The third kappa shape index (κ3) is 4.56. The number of phosphoric acid groups is 1. The van der Waals surface area contributed by atoms with E-state index in [4.69, 9.17) is 25.0 Å². The molecule has 170 valence electrons. The minimum atomic E-state index is -4.76. The molecule has 3 atom stereocenters. The first-order valence-corrected chi connectivity index (χ1v) is 11.1. The highest BCUT2D eigenvalue weighted by molar-refractivity contribution is 7.46. The molecule has 0 bridgehead atoms. The van der Waals surface area contributed by atoms with Crippen LogP contribution >= 0.6 is 7.82 Å². The lowest BCUT2D eigenvalue weighted by atomic mass is 10.1. The number of fused-ring (bicyclic) bond motifs is 1. The average molecular weight is 464 g/mol. The predicted molar refractivity (Wildman–Crippen MR) is 111 cm³/mol. The van der Waals surface area contributed by atoms with Crippen LogP contribution in [0.4, 0.5) is 11.5 Å². The predicted octanol–water partition coefficient (Wildman–Crippen LogP) is 1.07. The molecule has 1 saturated heterocycles. The van der Waals surface area contributed by atoms with E-state index < -0.39 is 38.8 Å². The lowest BCUT2D eigenvalue weighted by Crippen LogP contribution is -2.31. The summed E-state index contributed by atoms with van der Waals surface area (Å²) in [4.78, 5) is 43.2. The Morgan fingerprint density at radius 2 is 2.12 bits per heavy atom. The zero-order valence-corrected chi connectivity index (χ0v) is 17.8. The molecule has 0 aliphatic carbocycles. The third-order valence-electron chi connectivity index (χ3n) is 4.96. The lowest BCUT2D eigenvalue weighted by Gasteiger charge is -2.19. The standard InChI is InChI=1S/C18H21N6O7P/c1-20-11-5-3-2-4-10(11)18(25)31-12-6-14(30-13(12)7-29-32(26,27)28)24-9-23-15-16(19)21-8-22-17(15)24/h2-5,8-9,12-14,20H,6-7H2,1H3,(H2,19,21,22)(H2,26,27,28)/t12-,13?,14-/m1/s1. The number of rotatable bonds is 7. The Bertz CT molecular complexity index is 1180. The summed E-state index contributed by atoms with van der Waals surface area (Å²) in [6.07, 6.45) is 0.401. The molecule has 4 rings (SSSR count). The number of nitrogen functional groups attached to an aromatic ring is 1. The van der Waals surface area contributed by atoms with Gasteiger partial charge in [-0.15, -0.1) is 0 Å². The van der Waals surface area contributed by atoms with Gasteiger partial charge in [0.15, 0.2) is 11.5 Å². The van der Waals surface area contributed by atoms with Gasteiger partial charge < -0.3 is 30.3 Å². The highest BCUT2D eigenvalue weighted by Gasteiger charge is 2.41. The number of aromatic nitrogens is 4. The van der Waals surface area contributed by atoms with E-state index in [2.05, 4.69) is 24.8 Å². The highest BCUT2D eigenvalue weighted by atomic mass is 31.2. The second-order valence-corrected chi connectivity index (χ2v) is 8.21. The monoisotopic (exact) mass is 464 g/mol. The van der Waals surface area contributed by atoms with E-state index in [0.717, 1.165) is 0 Å². The molecular weight excluding hydrogens is 443 g/mol. The molecule has 0 saturated carbocycles. The molecule has 1 unspecified atom stereocenters. The largest absolute Gasteiger partial charge is 0.469 e. The fourth-order valence-corrected chi connectivity index (χ4v) is 3.82. The number of para-hydroxylation sites is 1. The molecule has 0 radical (unpaired) electrons. The van der Waals surface area contributed by atoms with Gasteiger partial charge in [0.1, 0.15) is 30.3 Å². The maximum absolute atomic E-state index is 12.8. The maximum atomic E-state index is 12.8. The Kier molecular flexibility index (Phi) is 6.09. The third-order valence-corrected chi connectivity index (χ3v) is 5.44. The molecule has 3 heterocycles. The number of anilines is 2. The first kappa shape index (κ1) is 22.1. The SMILES string of the molecule is CNc1ccccc1C(=O)O[C@@H]1C[C@H](n2cnc3c(N)ncnc32)OC1COP(=O)(O)O. The fourth-order valence-electron chi connectivity index (χ4n) is 3.48. The van der Waals surface area contributed by atoms with Crippen LogP contribution in [-0.4, -0.2) is 61.1 Å². The van der Waals surface area contributed by atoms with Crippen LogP contribution in [0.5, 0.6) is 0 Å². The van der Waals surface area contributed by atoms with E-state index in [1.165, 1.54) is 12.7 Å². The van der Waals surface area contributed by atoms with E-state index in [-0.39, 0.29) is 12.2 Å². The number of hydrogen-bond donors (Lipinski definition) is 4. The smallest absolute Gasteiger partial charge is 0.456 e. The van der Waals surface area contributed by atoms with Crippen molar-refractivity contribution in [1.29, 1.82) is 0 Å². The topological polar surface area (TPSA) is 184 Å². The summed E-state index contributed by atoms with van der Waals surface area (Å²) >= 11 is 0. The number of nitrogens with two attached hydrogens (primary N) is 1. The van der Waals surface area contributed by atoms with Gasteiger partial charge >= 0.3 is 13.8 Å². The van der Waals surface area contributed by atoms with Crippen molar-refractivity contribution < 1.29 is 33.1 Å². The van der Waals surface area contributed by atoms with Crippen LogP contribution < -0.4 is 11.1 Å². The summed E-state index contributed by atoms with van der Waals surface area (Å²) in [5.41, 5.74) is 7.49. The highest BCUT2D eigenvalue weighted by Crippen LogP contribution is 2.39. The minimum Gasteiger partial charge on any atom is -0.456 e. The summed E-state index contributed by atoms with van der Waals surface area (Å²) in [7, 11) is -3.09. The van der Waals surface area contributed by atoms with Crippen molar-refractivity contribution in [3.05, 3.63) is 42.5 Å². The van der Waals surface area contributed by atoms with Crippen molar-refractivity contribution in [2.75, 3.05) is 24.7 Å². The number of esters is 1. The van der Waals surface area contributed by atoms with E-state index in [1.807, 2.05) is 0 Å². The molecule has 0 spiro atoms. The molecule has 13 nitrogen and oxygen atoms in total. The molecule has 1 aromatic carbocycles. The van der Waals surface area contributed by atoms with Crippen LogP contribution in [-0.2, 0) is 18.6 Å². The number of nitrogens with one attached hydrogen (secondary N) is 1. The fraction of sp³-hybridized carbons (Fsp3) is 0.333. The van der Waals surface area contributed by atoms with Crippen molar-refractivity contribution in [3.8, 4) is 0 Å². The minimum absolute atomic E-state index is 0.165. The lowest BCUT2D eigenvalue weighted by molar-refractivity contribution is -0.0490. The summed E-state index contributed by atoms with van der Waals surface area (Å²) in [5.74, 6) is -0.424. The Morgan fingerprint density at radius 1 is 1.34 bits per heavy atom. The number of imidazole rings is 1. The Labute approximate surface area is 181 Å². The van der Waals surface area contributed by atoms with E-state index in [0.29, 0.717) is 22.4 Å². The summed E-state index contributed by atoms with van der Waals surface area (Å²) in [5, 5.41) is 2.92. The van der Waals surface area contributed by atoms with Crippen molar-refractivity contribution >= 4 is 36.5 Å². The van der Waals surface area contributed by atoms with Gasteiger partial charge in [-0.05, 0) is 12.1 Å². The number of benzene rings is 1. The van der Waals surface area contributed by atoms with Crippen LogP contribution in [0.3, 0.4) is 0 Å². The van der Waals surface area contributed by atoms with E-state index in [1.54, 1.807) is 35.9 Å². The molecule has 1 aliphatic heterocycles. The average Bonchev–Trinajstić information content (AvgIpc) is 3.36. The van der Waals surface area contributed by atoms with Gasteiger partial charge in [0, 0.05) is 19.2 Å². The summed E-state index contributed by atoms with van der Waals surface area (Å²) in [6, 6.07) is 6.79. The van der Waals surface area contributed by atoms with Gasteiger partial charge in [-0.2, -0.15) is 0 Å². The van der Waals surface area contributed by atoms with Gasteiger partial charge in [-0.3, -0.25) is 9.09 Å². The van der Waals surface area contributed by atoms with Crippen LogP contribution in [0.2, 0.25) is 0 Å². The molecule has 3 aromatic rings. The maximum Gasteiger partial charge on any atom is 0.469 e. The molecule has 2 aromatic heterocycles. The second kappa shape index (κ2) is 8.81. The number of carbonyl (C=O) groups excluding carboxylic acids is 1. The molecule has 5 N–H and O–H groups in total. The molecule has 1 fully saturated rings. The van der Waals surface area contributed by atoms with Crippen LogP contribution in [0.15, 0.2) is 36.9 Å². The van der Waals surface area contributed by atoms with Crippen molar-refractivity contribution in [1.82, 2.24) is 19.5 Å². The molecular formula is C18H21N6O7P. The summed E-state index contributed by atoms with van der Waals surface area (Å²) in [6.45, 7) is -0.490. The van der Waals surface area contributed by atoms with Gasteiger partial charge in [0.2, 0.25) is 0 Å². The Balaban J connectivity index is 1.59. The zero-order chi connectivity index (χ0) is 22.9. The van der Waals surface area contributed by atoms with Crippen molar-refractivity contribution in [2.24, 2.45) is 0 Å². The molecule has 1 aliphatic rings. The van der Waals surface area contributed by atoms with Gasteiger partial charge in [-0.1, -0.05) is 12.1 Å². The number of ether oxygens (including phenoxy) is 2. The van der Waals surface area contributed by atoms with E-state index >= 15 is 0 Å². The molecule has 32 heavy (non-hydrogen) atoms.